The van der Waals surface area contributed by atoms with Crippen LogP contribution in [0.4, 0.5) is 11.4 Å². The van der Waals surface area contributed by atoms with Crippen LogP contribution in [0, 0.1) is 0 Å². The summed E-state index contributed by atoms with van der Waals surface area (Å²) >= 11 is 0. The summed E-state index contributed by atoms with van der Waals surface area (Å²) in [5.74, 6) is -0.0241. The van der Waals surface area contributed by atoms with Crippen LogP contribution in [0.2, 0.25) is 0 Å². The van der Waals surface area contributed by atoms with E-state index in [-0.39, 0.29) is 11.7 Å². The Morgan fingerprint density at radius 3 is 2.46 bits per heavy atom. The zero-order valence-corrected chi connectivity index (χ0v) is 13.6. The third-order valence-corrected chi connectivity index (χ3v) is 3.64. The molecule has 1 amide bonds. The van der Waals surface area contributed by atoms with Crippen LogP contribution in [-0.4, -0.2) is 21.7 Å². The first-order valence-electron chi connectivity index (χ1n) is 8.10. The third-order valence-electron chi connectivity index (χ3n) is 3.64. The predicted molar refractivity (Wildman–Crippen MR) is 93.5 cm³/mol. The molecule has 0 aliphatic carbocycles. The van der Waals surface area contributed by atoms with Crippen LogP contribution < -0.4 is 11.1 Å². The number of ketones is 1. The molecule has 0 atom stereocenters. The van der Waals surface area contributed by atoms with Gasteiger partial charge in [0.05, 0.1) is 17.6 Å². The Morgan fingerprint density at radius 1 is 1.00 bits per heavy atom. The van der Waals surface area contributed by atoms with Crippen LogP contribution in [0.25, 0.3) is 0 Å². The van der Waals surface area contributed by atoms with Crippen LogP contribution in [0.15, 0.2) is 42.9 Å². The molecule has 24 heavy (non-hydrogen) atoms. The van der Waals surface area contributed by atoms with Crippen molar-refractivity contribution in [3.8, 4) is 0 Å². The van der Waals surface area contributed by atoms with Gasteiger partial charge in [-0.3, -0.25) is 14.6 Å². The summed E-state index contributed by atoms with van der Waals surface area (Å²) in [4.78, 5) is 31.6. The van der Waals surface area contributed by atoms with E-state index in [1.54, 1.807) is 18.3 Å². The second-order valence-electron chi connectivity index (χ2n) is 5.56. The Kier molecular flexibility index (Phi) is 6.89. The molecule has 6 heteroatoms. The maximum Gasteiger partial charge on any atom is 0.224 e. The van der Waals surface area contributed by atoms with E-state index >= 15 is 0 Å². The molecule has 3 N–H and O–H groups in total. The second-order valence-corrected chi connectivity index (χ2v) is 5.56. The minimum atomic E-state index is -0.0384. The number of unbranched alkanes of at least 4 members (excludes halogenated alkanes) is 3. The first kappa shape index (κ1) is 17.6. The summed E-state index contributed by atoms with van der Waals surface area (Å²) in [6.07, 6.45) is 8.87. The normalized spacial score (nSPS) is 10.3. The maximum atomic E-state index is 11.9. The molecule has 1 heterocycles. The number of nitrogens with two attached hydrogens (primary N) is 1. The number of aromatic nitrogens is 2. The Hall–Kier alpha value is -2.76. The van der Waals surface area contributed by atoms with Gasteiger partial charge in [0, 0.05) is 25.2 Å². The number of carbonyl (C=O) groups excluding carboxylic acids is 2. The van der Waals surface area contributed by atoms with Gasteiger partial charge in [-0.05, 0) is 25.0 Å². The second kappa shape index (κ2) is 9.39. The SMILES string of the molecule is Nc1ccccc1NC(=O)CCCCCCC(=O)c1cnccn1. The lowest BCUT2D eigenvalue weighted by atomic mass is 10.1. The van der Waals surface area contributed by atoms with Gasteiger partial charge in [-0.2, -0.15) is 0 Å². The molecule has 0 unspecified atom stereocenters. The molecule has 6 nitrogen and oxygen atoms in total. The lowest BCUT2D eigenvalue weighted by Crippen LogP contribution is -2.12. The Balaban J connectivity index is 1.57. The smallest absolute Gasteiger partial charge is 0.224 e. The van der Waals surface area contributed by atoms with E-state index in [1.807, 2.05) is 12.1 Å². The third kappa shape index (κ3) is 5.79. The number of benzene rings is 1. The van der Waals surface area contributed by atoms with E-state index < -0.39 is 0 Å². The topological polar surface area (TPSA) is 98.0 Å². The zero-order chi connectivity index (χ0) is 17.2. The van der Waals surface area contributed by atoms with Crippen molar-refractivity contribution in [2.45, 2.75) is 38.5 Å². The number of hydrogen-bond donors (Lipinski definition) is 2. The lowest BCUT2D eigenvalue weighted by molar-refractivity contribution is -0.116. The van der Waals surface area contributed by atoms with E-state index in [1.165, 1.54) is 12.4 Å². The van der Waals surface area contributed by atoms with Gasteiger partial charge >= 0.3 is 0 Å². The number of nitrogen functional groups attached to an aromatic ring is 1. The molecule has 0 bridgehead atoms. The van der Waals surface area contributed by atoms with Crippen molar-refractivity contribution in [2.75, 3.05) is 11.1 Å². The first-order chi connectivity index (χ1) is 11.7. The van der Waals surface area contributed by atoms with Crippen molar-refractivity contribution in [1.29, 1.82) is 0 Å². The summed E-state index contributed by atoms with van der Waals surface area (Å²) in [5.41, 5.74) is 7.41. The van der Waals surface area contributed by atoms with Crippen LogP contribution in [-0.2, 0) is 4.79 Å². The van der Waals surface area contributed by atoms with Gasteiger partial charge in [-0.1, -0.05) is 25.0 Å². The van der Waals surface area contributed by atoms with Gasteiger partial charge in [0.2, 0.25) is 5.91 Å². The molecule has 0 aliphatic heterocycles. The average Bonchev–Trinajstić information content (AvgIpc) is 2.60. The van der Waals surface area contributed by atoms with Crippen LogP contribution in [0.1, 0.15) is 49.0 Å². The van der Waals surface area contributed by atoms with Gasteiger partial charge in [0.25, 0.3) is 0 Å². The molecule has 0 saturated heterocycles. The van der Waals surface area contributed by atoms with Gasteiger partial charge in [-0.15, -0.1) is 0 Å². The highest BCUT2D eigenvalue weighted by atomic mass is 16.1. The lowest BCUT2D eigenvalue weighted by Gasteiger charge is -2.07. The van der Waals surface area contributed by atoms with E-state index in [4.69, 9.17) is 5.73 Å². The van der Waals surface area contributed by atoms with Crippen molar-refractivity contribution >= 4 is 23.1 Å². The zero-order valence-electron chi connectivity index (χ0n) is 13.6. The molecule has 0 radical (unpaired) electrons. The summed E-state index contributed by atoms with van der Waals surface area (Å²) in [6.45, 7) is 0. The van der Waals surface area contributed by atoms with Gasteiger partial charge < -0.3 is 11.1 Å². The largest absolute Gasteiger partial charge is 0.397 e. The highest BCUT2D eigenvalue weighted by Gasteiger charge is 2.07. The number of Topliss-reactive ketones (excluding diaryl/α,β-unsaturated/α-hetero) is 1. The number of carbonyl (C=O) groups is 2. The van der Waals surface area contributed by atoms with Crippen molar-refractivity contribution in [3.05, 3.63) is 48.5 Å². The number of para-hydroxylation sites is 2. The van der Waals surface area contributed by atoms with Crippen molar-refractivity contribution in [2.24, 2.45) is 0 Å². The summed E-state index contributed by atoms with van der Waals surface area (Å²) in [7, 11) is 0. The van der Waals surface area contributed by atoms with Crippen molar-refractivity contribution in [3.63, 3.8) is 0 Å². The molecule has 1 aromatic heterocycles. The molecule has 0 aliphatic rings. The summed E-state index contributed by atoms with van der Waals surface area (Å²) in [6, 6.07) is 7.20. The molecular formula is C18H22N4O2. The number of rotatable bonds is 9. The maximum absolute atomic E-state index is 11.9. The molecule has 2 rings (SSSR count). The van der Waals surface area contributed by atoms with Crippen LogP contribution in [0.3, 0.4) is 0 Å². The van der Waals surface area contributed by atoms with E-state index in [9.17, 15) is 9.59 Å². The molecule has 0 saturated carbocycles. The summed E-state index contributed by atoms with van der Waals surface area (Å²) in [5, 5.41) is 2.81. The Bertz CT molecular complexity index is 674. The van der Waals surface area contributed by atoms with E-state index in [0.29, 0.717) is 29.9 Å². The van der Waals surface area contributed by atoms with E-state index in [0.717, 1.165) is 25.7 Å². The quantitative estimate of drug-likeness (QED) is 0.419. The molecule has 1 aromatic carbocycles. The van der Waals surface area contributed by atoms with Crippen LogP contribution >= 0.6 is 0 Å². The average molecular weight is 326 g/mol. The highest BCUT2D eigenvalue weighted by molar-refractivity contribution is 5.94. The fourth-order valence-corrected chi connectivity index (χ4v) is 2.32. The fraction of sp³-hybridized carbons (Fsp3) is 0.333. The number of amides is 1. The number of nitrogens with one attached hydrogen (secondary N) is 1. The van der Waals surface area contributed by atoms with Gasteiger partial charge in [0.1, 0.15) is 5.69 Å². The van der Waals surface area contributed by atoms with Crippen LogP contribution in [0.5, 0.6) is 0 Å². The number of hydrogen-bond acceptors (Lipinski definition) is 5. The molecule has 2 aromatic rings. The summed E-state index contributed by atoms with van der Waals surface area (Å²) < 4.78 is 0. The molecular weight excluding hydrogens is 304 g/mol. The van der Waals surface area contributed by atoms with Gasteiger partial charge in [-0.25, -0.2) is 4.98 Å². The minimum absolute atomic E-state index is 0.0143. The standard InChI is InChI=1S/C18H22N4O2/c19-14-7-5-6-8-15(14)22-18(24)10-4-2-1-3-9-17(23)16-13-20-11-12-21-16/h5-8,11-13H,1-4,9-10,19H2,(H,22,24). The van der Waals surface area contributed by atoms with Crippen molar-refractivity contribution < 1.29 is 9.59 Å². The fourth-order valence-electron chi connectivity index (χ4n) is 2.32. The number of anilines is 2. The molecule has 126 valence electrons. The monoisotopic (exact) mass is 326 g/mol. The van der Waals surface area contributed by atoms with E-state index in [2.05, 4.69) is 15.3 Å². The predicted octanol–water partition coefficient (Wildman–Crippen LogP) is 3.22. The molecule has 0 fully saturated rings. The van der Waals surface area contributed by atoms with Crippen molar-refractivity contribution in [1.82, 2.24) is 9.97 Å². The molecule has 0 spiro atoms. The van der Waals surface area contributed by atoms with Gasteiger partial charge in [0.15, 0.2) is 5.78 Å². The highest BCUT2D eigenvalue weighted by Crippen LogP contribution is 2.17. The number of nitrogens with zero attached hydrogens (tertiary/aromatic N) is 2. The minimum Gasteiger partial charge on any atom is -0.397 e. The Labute approximate surface area is 141 Å². The Morgan fingerprint density at radius 2 is 1.75 bits per heavy atom. The first-order valence-corrected chi connectivity index (χ1v) is 8.10.